The fourth-order valence-corrected chi connectivity index (χ4v) is 3.10. The highest BCUT2D eigenvalue weighted by Gasteiger charge is 2.28. The molecule has 10 nitrogen and oxygen atoms in total. The number of nitrogens with one attached hydrogen (secondary N) is 2. The molecule has 0 spiro atoms. The largest absolute Gasteiger partial charge is 0.377 e. The van der Waals surface area contributed by atoms with Gasteiger partial charge in [-0.1, -0.05) is 11.3 Å². The van der Waals surface area contributed by atoms with Gasteiger partial charge < -0.3 is 15.0 Å². The smallest absolute Gasteiger partial charge is 0.322 e. The Morgan fingerprint density at radius 1 is 1.42 bits per heavy atom. The number of anilines is 1. The van der Waals surface area contributed by atoms with Gasteiger partial charge in [-0.3, -0.25) is 0 Å². The Morgan fingerprint density at radius 3 is 3.00 bits per heavy atom. The first-order chi connectivity index (χ1) is 12.4. The summed E-state index contributed by atoms with van der Waals surface area (Å²) in [6.07, 6.45) is 4.35. The third-order valence-corrected chi connectivity index (χ3v) is 4.55. The summed E-state index contributed by atoms with van der Waals surface area (Å²) in [4.78, 5) is 14.2. The van der Waals surface area contributed by atoms with Crippen molar-refractivity contribution in [3.8, 4) is 5.69 Å². The van der Waals surface area contributed by atoms with Crippen molar-refractivity contribution >= 4 is 21.7 Å². The molecule has 0 radical (unpaired) electrons. The summed E-state index contributed by atoms with van der Waals surface area (Å²) in [5.74, 6) is 0. The van der Waals surface area contributed by atoms with E-state index in [2.05, 4.69) is 20.4 Å². The molecule has 0 aliphatic carbocycles. The maximum Gasteiger partial charge on any atom is 0.322 e. The fourth-order valence-electron chi connectivity index (χ4n) is 2.61. The van der Waals surface area contributed by atoms with Gasteiger partial charge in [-0.15, -0.1) is 5.10 Å². The predicted octanol–water partition coefficient (Wildman–Crippen LogP) is 0.0492. The number of nitrogens with zero attached hydrogens (tertiary/aromatic N) is 4. The highest BCUT2D eigenvalue weighted by Crippen LogP contribution is 2.16. The first-order valence-corrected chi connectivity index (χ1v) is 9.88. The van der Waals surface area contributed by atoms with Crippen LogP contribution in [0.4, 0.5) is 10.5 Å². The number of amides is 2. The lowest BCUT2D eigenvalue weighted by atomic mass is 10.2. The second-order valence-electron chi connectivity index (χ2n) is 5.87. The predicted molar refractivity (Wildman–Crippen MR) is 94.5 cm³/mol. The number of urea groups is 1. The van der Waals surface area contributed by atoms with Crippen LogP contribution in [0.5, 0.6) is 0 Å². The molecule has 1 aromatic carbocycles. The van der Waals surface area contributed by atoms with Crippen LogP contribution in [0.3, 0.4) is 0 Å². The Balaban J connectivity index is 1.68. The van der Waals surface area contributed by atoms with Crippen LogP contribution in [-0.4, -0.2) is 72.9 Å². The Hall–Kier alpha value is -2.50. The number of carbonyl (C=O) groups excluding carboxylic acids is 1. The van der Waals surface area contributed by atoms with Gasteiger partial charge in [0, 0.05) is 18.8 Å². The molecule has 1 unspecified atom stereocenters. The van der Waals surface area contributed by atoms with Crippen LogP contribution < -0.4 is 10.0 Å². The SMILES string of the molecule is CS(=O)(=O)NCC1COCCN1C(=O)Nc1cccc(-n2ccnn2)c1. The average Bonchev–Trinajstić information content (AvgIpc) is 3.14. The third-order valence-electron chi connectivity index (χ3n) is 3.85. The van der Waals surface area contributed by atoms with E-state index in [0.29, 0.717) is 18.8 Å². The monoisotopic (exact) mass is 380 g/mol. The van der Waals surface area contributed by atoms with Crippen LogP contribution in [0.2, 0.25) is 0 Å². The molecule has 3 rings (SSSR count). The minimum absolute atomic E-state index is 0.102. The van der Waals surface area contributed by atoms with Gasteiger partial charge >= 0.3 is 6.03 Å². The molecule has 11 heteroatoms. The summed E-state index contributed by atoms with van der Waals surface area (Å²) in [5, 5.41) is 10.5. The molecule has 2 aromatic rings. The van der Waals surface area contributed by atoms with Crippen molar-refractivity contribution in [1.82, 2.24) is 24.6 Å². The molecule has 140 valence electrons. The van der Waals surface area contributed by atoms with Gasteiger partial charge in [0.05, 0.1) is 43.6 Å². The number of carbonyl (C=O) groups is 1. The zero-order chi connectivity index (χ0) is 18.6. The first-order valence-electron chi connectivity index (χ1n) is 7.99. The van der Waals surface area contributed by atoms with Crippen LogP contribution in [-0.2, 0) is 14.8 Å². The molecule has 1 aliphatic heterocycles. The molecule has 0 saturated carbocycles. The van der Waals surface area contributed by atoms with Gasteiger partial charge in [-0.05, 0) is 18.2 Å². The number of rotatable bonds is 5. The lowest BCUT2D eigenvalue weighted by molar-refractivity contribution is 0.0176. The lowest BCUT2D eigenvalue weighted by Crippen LogP contribution is -2.54. The summed E-state index contributed by atoms with van der Waals surface area (Å²) in [5.41, 5.74) is 1.36. The zero-order valence-electron chi connectivity index (χ0n) is 14.2. The number of ether oxygens (including phenoxy) is 1. The summed E-state index contributed by atoms with van der Waals surface area (Å²) >= 11 is 0. The Morgan fingerprint density at radius 2 is 2.27 bits per heavy atom. The van der Waals surface area contributed by atoms with Gasteiger partial charge in [-0.2, -0.15) is 0 Å². The van der Waals surface area contributed by atoms with Crippen molar-refractivity contribution in [2.24, 2.45) is 0 Å². The molecule has 26 heavy (non-hydrogen) atoms. The Bertz CT molecular complexity index is 855. The molecule has 1 aliphatic rings. The standard InChI is InChI=1S/C15H20N6O4S/c1-26(23,24)17-10-14-11-25-8-7-20(14)15(22)18-12-3-2-4-13(9-12)21-6-5-16-19-21/h2-6,9,14,17H,7-8,10-11H2,1H3,(H,18,22). The number of benzene rings is 1. The number of hydrogen-bond donors (Lipinski definition) is 2. The third kappa shape index (κ3) is 4.77. The molecule has 1 atom stereocenters. The minimum atomic E-state index is -3.34. The van der Waals surface area contributed by atoms with Crippen molar-refractivity contribution in [3.63, 3.8) is 0 Å². The number of morpholine rings is 1. The van der Waals surface area contributed by atoms with Gasteiger partial charge in [-0.25, -0.2) is 22.6 Å². The van der Waals surface area contributed by atoms with Crippen molar-refractivity contribution < 1.29 is 17.9 Å². The maximum atomic E-state index is 12.6. The highest BCUT2D eigenvalue weighted by molar-refractivity contribution is 7.88. The average molecular weight is 380 g/mol. The van der Waals surface area contributed by atoms with E-state index >= 15 is 0 Å². The number of aromatic nitrogens is 3. The van der Waals surface area contributed by atoms with E-state index in [0.717, 1.165) is 11.9 Å². The van der Waals surface area contributed by atoms with E-state index in [1.165, 1.54) is 0 Å². The van der Waals surface area contributed by atoms with Crippen molar-refractivity contribution in [1.29, 1.82) is 0 Å². The van der Waals surface area contributed by atoms with E-state index in [-0.39, 0.29) is 25.2 Å². The maximum absolute atomic E-state index is 12.6. The Labute approximate surface area is 151 Å². The van der Waals surface area contributed by atoms with Gasteiger partial charge in [0.2, 0.25) is 10.0 Å². The summed E-state index contributed by atoms with van der Waals surface area (Å²) in [6, 6.07) is 6.49. The first kappa shape index (κ1) is 18.3. The molecule has 1 aromatic heterocycles. The summed E-state index contributed by atoms with van der Waals surface area (Å²) < 4.78 is 32.0. The van der Waals surface area contributed by atoms with Crippen molar-refractivity contribution in [2.75, 3.05) is 37.9 Å². The van der Waals surface area contributed by atoms with E-state index in [9.17, 15) is 13.2 Å². The molecule has 2 amide bonds. The van der Waals surface area contributed by atoms with Crippen LogP contribution in [0.1, 0.15) is 0 Å². The molecular formula is C15H20N6O4S. The van der Waals surface area contributed by atoms with Crippen LogP contribution >= 0.6 is 0 Å². The van der Waals surface area contributed by atoms with Crippen LogP contribution in [0, 0.1) is 0 Å². The second kappa shape index (κ2) is 7.81. The molecule has 2 N–H and O–H groups in total. The lowest BCUT2D eigenvalue weighted by Gasteiger charge is -2.35. The molecular weight excluding hydrogens is 360 g/mol. The van der Waals surface area contributed by atoms with Gasteiger partial charge in [0.15, 0.2) is 0 Å². The normalized spacial score (nSPS) is 17.9. The summed E-state index contributed by atoms with van der Waals surface area (Å²) in [6.45, 7) is 1.16. The molecule has 2 heterocycles. The van der Waals surface area contributed by atoms with E-state index in [1.54, 1.807) is 40.2 Å². The molecule has 0 bridgehead atoms. The zero-order valence-corrected chi connectivity index (χ0v) is 15.0. The second-order valence-corrected chi connectivity index (χ2v) is 7.70. The van der Waals surface area contributed by atoms with E-state index in [1.807, 2.05) is 6.07 Å². The highest BCUT2D eigenvalue weighted by atomic mass is 32.2. The summed E-state index contributed by atoms with van der Waals surface area (Å²) in [7, 11) is -3.34. The fraction of sp³-hybridized carbons (Fsp3) is 0.400. The van der Waals surface area contributed by atoms with Crippen LogP contribution in [0.25, 0.3) is 5.69 Å². The van der Waals surface area contributed by atoms with Crippen molar-refractivity contribution in [3.05, 3.63) is 36.7 Å². The van der Waals surface area contributed by atoms with E-state index in [4.69, 9.17) is 4.74 Å². The van der Waals surface area contributed by atoms with E-state index < -0.39 is 10.0 Å². The Kier molecular flexibility index (Phi) is 5.49. The number of sulfonamides is 1. The topological polar surface area (TPSA) is 118 Å². The molecule has 1 saturated heterocycles. The number of hydrogen-bond acceptors (Lipinski definition) is 6. The van der Waals surface area contributed by atoms with Gasteiger partial charge in [0.25, 0.3) is 0 Å². The minimum Gasteiger partial charge on any atom is -0.377 e. The van der Waals surface area contributed by atoms with Crippen LogP contribution in [0.15, 0.2) is 36.7 Å². The van der Waals surface area contributed by atoms with Gasteiger partial charge in [0.1, 0.15) is 0 Å². The molecule has 1 fully saturated rings. The van der Waals surface area contributed by atoms with Crippen molar-refractivity contribution in [2.45, 2.75) is 6.04 Å². The quantitative estimate of drug-likeness (QED) is 0.757.